The number of rotatable bonds is 5. The number of aliphatic hydroxyl groups is 1. The molecule has 0 aromatic carbocycles. The Morgan fingerprint density at radius 1 is 1.80 bits per heavy atom. The first kappa shape index (κ1) is 9.03. The van der Waals surface area contributed by atoms with Crippen molar-refractivity contribution >= 4 is 5.91 Å². The Hall–Kier alpha value is -0.970. The van der Waals surface area contributed by atoms with Crippen molar-refractivity contribution in [2.45, 2.75) is 18.9 Å². The summed E-state index contributed by atoms with van der Waals surface area (Å²) in [6.45, 7) is -0.0691. The first-order valence-corrected chi connectivity index (χ1v) is 2.96. The van der Waals surface area contributed by atoms with Crippen LogP contribution in [-0.2, 0) is 4.79 Å². The summed E-state index contributed by atoms with van der Waals surface area (Å²) >= 11 is 0. The van der Waals surface area contributed by atoms with Crippen LogP contribution in [-0.4, -0.2) is 23.7 Å². The van der Waals surface area contributed by atoms with Gasteiger partial charge >= 0.3 is 0 Å². The summed E-state index contributed by atoms with van der Waals surface area (Å²) in [5.41, 5.74) is 11.4. The molecular weight excluding hydrogens is 134 g/mol. The lowest BCUT2D eigenvalue weighted by Crippen LogP contribution is -2.19. The van der Waals surface area contributed by atoms with E-state index in [0.717, 1.165) is 0 Å². The number of nitrogens with one attached hydrogen (secondary N) is 1. The minimum absolute atomic E-state index is 0.0457. The van der Waals surface area contributed by atoms with Crippen LogP contribution < -0.4 is 5.73 Å². The summed E-state index contributed by atoms with van der Waals surface area (Å²) in [5.74, 6) is -0.491. The van der Waals surface area contributed by atoms with Gasteiger partial charge in [-0.2, -0.15) is 5.11 Å². The van der Waals surface area contributed by atoms with Gasteiger partial charge in [-0.15, -0.1) is 0 Å². The number of hydrogen-bond donors (Lipinski definition) is 3. The first-order chi connectivity index (χ1) is 4.70. The van der Waals surface area contributed by atoms with Crippen LogP contribution in [0.25, 0.3) is 0 Å². The molecular formula is C5H11N3O2. The predicted octanol–water partition coefficient (Wildman–Crippen LogP) is -0.356. The predicted molar refractivity (Wildman–Crippen MR) is 34.4 cm³/mol. The SMILES string of the molecule is N=NC(CCO)CC(N)=O. The molecule has 0 rings (SSSR count). The average Bonchev–Trinajstić information content (AvgIpc) is 1.86. The second kappa shape index (κ2) is 4.87. The van der Waals surface area contributed by atoms with Crippen molar-refractivity contribution < 1.29 is 9.90 Å². The van der Waals surface area contributed by atoms with E-state index in [0.29, 0.717) is 6.42 Å². The van der Waals surface area contributed by atoms with E-state index in [-0.39, 0.29) is 13.0 Å². The van der Waals surface area contributed by atoms with E-state index in [1.54, 1.807) is 0 Å². The van der Waals surface area contributed by atoms with E-state index < -0.39 is 11.9 Å². The molecule has 0 heterocycles. The van der Waals surface area contributed by atoms with Crippen LogP contribution in [0.1, 0.15) is 12.8 Å². The van der Waals surface area contributed by atoms with Gasteiger partial charge in [0.1, 0.15) is 0 Å². The lowest BCUT2D eigenvalue weighted by molar-refractivity contribution is -0.118. The van der Waals surface area contributed by atoms with E-state index in [1.165, 1.54) is 0 Å². The third-order valence-electron chi connectivity index (χ3n) is 1.08. The van der Waals surface area contributed by atoms with E-state index >= 15 is 0 Å². The van der Waals surface area contributed by atoms with Crippen LogP contribution in [0.15, 0.2) is 5.11 Å². The normalized spacial score (nSPS) is 12.5. The lowest BCUT2D eigenvalue weighted by atomic mass is 10.1. The van der Waals surface area contributed by atoms with Crippen LogP contribution in [0.3, 0.4) is 0 Å². The monoisotopic (exact) mass is 145 g/mol. The fraction of sp³-hybridized carbons (Fsp3) is 0.800. The third-order valence-corrected chi connectivity index (χ3v) is 1.08. The zero-order chi connectivity index (χ0) is 7.98. The van der Waals surface area contributed by atoms with E-state index in [9.17, 15) is 4.79 Å². The molecule has 1 amide bonds. The van der Waals surface area contributed by atoms with Gasteiger partial charge in [0, 0.05) is 6.61 Å². The molecule has 10 heavy (non-hydrogen) atoms. The van der Waals surface area contributed by atoms with Crippen molar-refractivity contribution in [1.29, 1.82) is 5.53 Å². The second-order valence-corrected chi connectivity index (χ2v) is 1.97. The van der Waals surface area contributed by atoms with Crippen LogP contribution in [0, 0.1) is 5.53 Å². The van der Waals surface area contributed by atoms with Gasteiger partial charge in [-0.3, -0.25) is 4.79 Å². The Kier molecular flexibility index (Phi) is 4.39. The number of nitrogens with zero attached hydrogens (tertiary/aromatic N) is 1. The molecule has 5 nitrogen and oxygen atoms in total. The summed E-state index contributed by atoms with van der Waals surface area (Å²) in [5, 5.41) is 11.5. The van der Waals surface area contributed by atoms with Crippen molar-refractivity contribution in [3.63, 3.8) is 0 Å². The van der Waals surface area contributed by atoms with Gasteiger partial charge in [0.2, 0.25) is 5.91 Å². The van der Waals surface area contributed by atoms with Crippen LogP contribution in [0.5, 0.6) is 0 Å². The van der Waals surface area contributed by atoms with Crippen molar-refractivity contribution in [3.05, 3.63) is 0 Å². The highest BCUT2D eigenvalue weighted by Gasteiger charge is 2.08. The van der Waals surface area contributed by atoms with Gasteiger partial charge in [0.15, 0.2) is 0 Å². The van der Waals surface area contributed by atoms with E-state index in [4.69, 9.17) is 16.4 Å². The van der Waals surface area contributed by atoms with Crippen molar-refractivity contribution in [2.24, 2.45) is 10.8 Å². The van der Waals surface area contributed by atoms with Crippen LogP contribution in [0.4, 0.5) is 0 Å². The smallest absolute Gasteiger partial charge is 0.219 e. The van der Waals surface area contributed by atoms with E-state index in [1.807, 2.05) is 0 Å². The van der Waals surface area contributed by atoms with Gasteiger partial charge in [0.25, 0.3) is 0 Å². The number of carbonyl (C=O) groups excluding carboxylic acids is 1. The lowest BCUT2D eigenvalue weighted by Gasteiger charge is -2.03. The summed E-state index contributed by atoms with van der Waals surface area (Å²) in [6.07, 6.45) is 0.372. The van der Waals surface area contributed by atoms with Gasteiger partial charge < -0.3 is 10.8 Å². The molecule has 0 fully saturated rings. The molecule has 0 aliphatic rings. The number of nitrogens with two attached hydrogens (primary N) is 1. The number of amides is 1. The Balaban J connectivity index is 3.59. The van der Waals surface area contributed by atoms with Gasteiger partial charge in [-0.1, -0.05) is 0 Å². The number of hydrogen-bond acceptors (Lipinski definition) is 4. The summed E-state index contributed by atoms with van der Waals surface area (Å²) in [7, 11) is 0. The largest absolute Gasteiger partial charge is 0.396 e. The minimum atomic E-state index is -0.491. The number of carbonyl (C=O) groups is 1. The molecule has 0 radical (unpaired) electrons. The molecule has 58 valence electrons. The van der Waals surface area contributed by atoms with Crippen molar-refractivity contribution in [2.75, 3.05) is 6.61 Å². The van der Waals surface area contributed by atoms with Gasteiger partial charge in [-0.25, -0.2) is 5.53 Å². The highest BCUT2D eigenvalue weighted by Crippen LogP contribution is 2.00. The molecule has 0 saturated carbocycles. The summed E-state index contributed by atoms with van der Waals surface area (Å²) in [4.78, 5) is 10.2. The molecule has 0 aliphatic carbocycles. The second-order valence-electron chi connectivity index (χ2n) is 1.97. The molecule has 0 aromatic heterocycles. The molecule has 1 unspecified atom stereocenters. The van der Waals surface area contributed by atoms with Gasteiger partial charge in [-0.05, 0) is 6.42 Å². The Morgan fingerprint density at radius 2 is 2.40 bits per heavy atom. The summed E-state index contributed by atoms with van der Waals surface area (Å²) < 4.78 is 0. The first-order valence-electron chi connectivity index (χ1n) is 2.96. The minimum Gasteiger partial charge on any atom is -0.396 e. The Morgan fingerprint density at radius 3 is 2.70 bits per heavy atom. The molecule has 0 bridgehead atoms. The van der Waals surface area contributed by atoms with Crippen LogP contribution >= 0.6 is 0 Å². The zero-order valence-electron chi connectivity index (χ0n) is 5.58. The maximum absolute atomic E-state index is 10.2. The third kappa shape index (κ3) is 3.96. The molecule has 0 aromatic rings. The van der Waals surface area contributed by atoms with E-state index in [2.05, 4.69) is 5.11 Å². The van der Waals surface area contributed by atoms with Crippen molar-refractivity contribution in [3.8, 4) is 0 Å². The molecule has 1 atom stereocenters. The quantitative estimate of drug-likeness (QED) is 0.460. The fourth-order valence-corrected chi connectivity index (χ4v) is 0.594. The summed E-state index contributed by atoms with van der Waals surface area (Å²) in [6, 6.07) is -0.442. The highest BCUT2D eigenvalue weighted by molar-refractivity contribution is 5.74. The highest BCUT2D eigenvalue weighted by atomic mass is 16.3. The maximum Gasteiger partial charge on any atom is 0.219 e. The van der Waals surface area contributed by atoms with Gasteiger partial charge in [0.05, 0.1) is 12.5 Å². The topological polar surface area (TPSA) is 99.5 Å². The maximum atomic E-state index is 10.2. The standard InChI is InChI=1S/C5H11N3O2/c6-5(10)3-4(8-7)1-2-9/h4,7,9H,1-3H2,(H2,6,10). The molecule has 5 heteroatoms. The molecule has 0 saturated heterocycles. The van der Waals surface area contributed by atoms with Crippen molar-refractivity contribution in [1.82, 2.24) is 0 Å². The molecule has 0 spiro atoms. The number of aliphatic hydroxyl groups excluding tert-OH is 1. The molecule has 0 aliphatic heterocycles. The number of primary amides is 1. The molecule has 4 N–H and O–H groups in total. The zero-order valence-corrected chi connectivity index (χ0v) is 5.58. The average molecular weight is 145 g/mol. The Bertz CT molecular complexity index is 126. The fourth-order valence-electron chi connectivity index (χ4n) is 0.594. The Labute approximate surface area is 58.7 Å². The van der Waals surface area contributed by atoms with Crippen LogP contribution in [0.2, 0.25) is 0 Å².